The first-order valence-corrected chi connectivity index (χ1v) is 8.30. The standard InChI is InChI=1S/C16H25N4O6/c1-16(2,3)26-15(25)19-9-12(22)18-10-13(23)20-7-4-5-11(20)14(24)17-6-8-21/h11H,4-7,9-10H2,1-3H3,(H,17,24)(H,18,22)(H,19,25)/t11-/m0/s1. The van der Waals surface area contributed by atoms with Gasteiger partial charge in [0.25, 0.3) is 0 Å². The normalized spacial score (nSPS) is 16.6. The Morgan fingerprint density at radius 3 is 2.42 bits per heavy atom. The molecule has 1 radical (unpaired) electrons. The molecule has 145 valence electrons. The van der Waals surface area contributed by atoms with Gasteiger partial charge >= 0.3 is 6.09 Å². The van der Waals surface area contributed by atoms with Crippen molar-refractivity contribution < 1.29 is 28.7 Å². The summed E-state index contributed by atoms with van der Waals surface area (Å²) in [7, 11) is 0. The van der Waals surface area contributed by atoms with E-state index < -0.39 is 35.5 Å². The number of carbonyl (C=O) groups excluding carboxylic acids is 5. The van der Waals surface area contributed by atoms with Gasteiger partial charge in [-0.25, -0.2) is 4.79 Å². The zero-order valence-electron chi connectivity index (χ0n) is 15.2. The van der Waals surface area contributed by atoms with Gasteiger partial charge in [-0.1, -0.05) is 0 Å². The molecule has 0 bridgehead atoms. The van der Waals surface area contributed by atoms with Crippen molar-refractivity contribution in [1.29, 1.82) is 0 Å². The van der Waals surface area contributed by atoms with Gasteiger partial charge in [0, 0.05) is 6.54 Å². The highest BCUT2D eigenvalue weighted by Crippen LogP contribution is 2.17. The van der Waals surface area contributed by atoms with Crippen molar-refractivity contribution in [3.8, 4) is 0 Å². The number of nitrogens with one attached hydrogen (secondary N) is 3. The van der Waals surface area contributed by atoms with Crippen LogP contribution in [-0.4, -0.2) is 72.8 Å². The van der Waals surface area contributed by atoms with E-state index in [0.29, 0.717) is 19.4 Å². The predicted octanol–water partition coefficient (Wildman–Crippen LogP) is -1.16. The first-order chi connectivity index (χ1) is 12.1. The Balaban J connectivity index is 2.38. The summed E-state index contributed by atoms with van der Waals surface area (Å²) in [5, 5.41) is 7.04. The molecule has 0 aromatic carbocycles. The zero-order chi connectivity index (χ0) is 19.7. The van der Waals surface area contributed by atoms with E-state index in [1.165, 1.54) is 4.90 Å². The number of ether oxygens (including phenoxy) is 1. The molecule has 1 rings (SSSR count). The molecule has 0 aromatic rings. The van der Waals surface area contributed by atoms with Crippen LogP contribution in [0.4, 0.5) is 4.79 Å². The number of likely N-dealkylation sites (tertiary alicyclic amines) is 1. The molecular formula is C16H25N4O6. The van der Waals surface area contributed by atoms with Crippen LogP contribution in [0.5, 0.6) is 0 Å². The van der Waals surface area contributed by atoms with Crippen LogP contribution in [0, 0.1) is 0 Å². The van der Waals surface area contributed by atoms with Crippen molar-refractivity contribution in [3.05, 3.63) is 0 Å². The molecule has 1 heterocycles. The molecule has 10 heteroatoms. The summed E-state index contributed by atoms with van der Waals surface area (Å²) in [5.41, 5.74) is -0.677. The van der Waals surface area contributed by atoms with Crippen LogP contribution in [-0.2, 0) is 23.9 Å². The van der Waals surface area contributed by atoms with Gasteiger partial charge in [-0.05, 0) is 33.6 Å². The van der Waals surface area contributed by atoms with Crippen molar-refractivity contribution in [2.24, 2.45) is 0 Å². The highest BCUT2D eigenvalue weighted by molar-refractivity contribution is 5.91. The summed E-state index contributed by atoms with van der Waals surface area (Å²) in [4.78, 5) is 58.9. The van der Waals surface area contributed by atoms with Crippen LogP contribution >= 0.6 is 0 Å². The second-order valence-electron chi connectivity index (χ2n) is 6.74. The third-order valence-corrected chi connectivity index (χ3v) is 3.44. The fraction of sp³-hybridized carbons (Fsp3) is 0.688. The molecule has 26 heavy (non-hydrogen) atoms. The number of alkyl carbamates (subject to hydrolysis) is 1. The van der Waals surface area contributed by atoms with Crippen LogP contribution in [0.25, 0.3) is 0 Å². The third-order valence-electron chi connectivity index (χ3n) is 3.44. The quantitative estimate of drug-likeness (QED) is 0.518. The van der Waals surface area contributed by atoms with E-state index in [1.807, 2.05) is 0 Å². The first-order valence-electron chi connectivity index (χ1n) is 8.30. The SMILES string of the molecule is CC(C)(C)OC(=O)NCC(=O)NCC(=O)N1CCC[C@H]1C(=O)NC[C]=O. The monoisotopic (exact) mass is 369 g/mol. The van der Waals surface area contributed by atoms with Gasteiger partial charge in [0.2, 0.25) is 24.0 Å². The molecule has 0 spiro atoms. The lowest BCUT2D eigenvalue weighted by Gasteiger charge is -2.23. The van der Waals surface area contributed by atoms with E-state index in [4.69, 9.17) is 4.74 Å². The van der Waals surface area contributed by atoms with E-state index in [2.05, 4.69) is 16.0 Å². The smallest absolute Gasteiger partial charge is 0.408 e. The molecule has 1 saturated heterocycles. The van der Waals surface area contributed by atoms with Crippen LogP contribution in [0.15, 0.2) is 0 Å². The van der Waals surface area contributed by atoms with E-state index in [0.717, 1.165) is 0 Å². The van der Waals surface area contributed by atoms with Crippen molar-refractivity contribution in [2.45, 2.75) is 45.3 Å². The highest BCUT2D eigenvalue weighted by Gasteiger charge is 2.33. The molecule has 1 atom stereocenters. The minimum absolute atomic E-state index is 0.232. The number of rotatable bonds is 7. The van der Waals surface area contributed by atoms with Crippen LogP contribution in [0.2, 0.25) is 0 Å². The summed E-state index contributed by atoms with van der Waals surface area (Å²) < 4.78 is 4.99. The number of carbonyl (C=O) groups is 4. The minimum atomic E-state index is -0.734. The summed E-state index contributed by atoms with van der Waals surface area (Å²) in [5.74, 6) is -1.39. The Kier molecular flexibility index (Phi) is 8.01. The predicted molar refractivity (Wildman–Crippen MR) is 90.7 cm³/mol. The van der Waals surface area contributed by atoms with Gasteiger partial charge < -0.3 is 25.6 Å². The molecule has 1 fully saturated rings. The number of hydrogen-bond donors (Lipinski definition) is 3. The summed E-state index contributed by atoms with van der Waals surface area (Å²) in [6.45, 7) is 4.63. The molecule has 0 saturated carbocycles. The first kappa shape index (κ1) is 21.4. The highest BCUT2D eigenvalue weighted by atomic mass is 16.6. The molecule has 1 aliphatic heterocycles. The van der Waals surface area contributed by atoms with E-state index in [9.17, 15) is 24.0 Å². The maximum atomic E-state index is 12.2. The number of hydrogen-bond acceptors (Lipinski definition) is 6. The third kappa shape index (κ3) is 7.49. The lowest BCUT2D eigenvalue weighted by atomic mass is 10.2. The molecule has 4 amide bonds. The van der Waals surface area contributed by atoms with Crippen LogP contribution < -0.4 is 16.0 Å². The molecule has 10 nitrogen and oxygen atoms in total. The summed E-state index contributed by atoms with van der Waals surface area (Å²) in [6.07, 6.45) is 1.97. The fourth-order valence-electron chi connectivity index (χ4n) is 2.38. The van der Waals surface area contributed by atoms with Gasteiger partial charge in [0.05, 0.1) is 13.1 Å². The lowest BCUT2D eigenvalue weighted by Crippen LogP contribution is -2.50. The second kappa shape index (κ2) is 9.73. The Bertz CT molecular complexity index is 557. The summed E-state index contributed by atoms with van der Waals surface area (Å²) in [6, 6.07) is -0.660. The Labute approximate surface area is 152 Å². The van der Waals surface area contributed by atoms with Crippen molar-refractivity contribution >= 4 is 30.1 Å². The number of nitrogens with zero attached hydrogens (tertiary/aromatic N) is 1. The average Bonchev–Trinajstić information content (AvgIpc) is 3.03. The minimum Gasteiger partial charge on any atom is -0.444 e. The van der Waals surface area contributed by atoms with Gasteiger partial charge in [-0.3, -0.25) is 19.2 Å². The Morgan fingerprint density at radius 2 is 1.81 bits per heavy atom. The van der Waals surface area contributed by atoms with Crippen molar-refractivity contribution in [2.75, 3.05) is 26.2 Å². The van der Waals surface area contributed by atoms with E-state index in [1.54, 1.807) is 27.1 Å². The van der Waals surface area contributed by atoms with E-state index >= 15 is 0 Å². The maximum Gasteiger partial charge on any atom is 0.408 e. The largest absolute Gasteiger partial charge is 0.444 e. The zero-order valence-corrected chi connectivity index (χ0v) is 15.2. The average molecular weight is 369 g/mol. The summed E-state index contributed by atoms with van der Waals surface area (Å²) >= 11 is 0. The topological polar surface area (TPSA) is 134 Å². The molecule has 0 unspecified atom stereocenters. The second-order valence-corrected chi connectivity index (χ2v) is 6.74. The lowest BCUT2D eigenvalue weighted by molar-refractivity contribution is -0.138. The van der Waals surface area contributed by atoms with Gasteiger partial charge in [0.1, 0.15) is 18.2 Å². The van der Waals surface area contributed by atoms with Crippen molar-refractivity contribution in [3.63, 3.8) is 0 Å². The number of amides is 4. The molecule has 0 aliphatic carbocycles. The Hall–Kier alpha value is -2.65. The van der Waals surface area contributed by atoms with E-state index in [-0.39, 0.29) is 19.6 Å². The molecule has 0 aromatic heterocycles. The van der Waals surface area contributed by atoms with Crippen molar-refractivity contribution in [1.82, 2.24) is 20.9 Å². The Morgan fingerprint density at radius 1 is 1.12 bits per heavy atom. The maximum absolute atomic E-state index is 12.2. The van der Waals surface area contributed by atoms with Gasteiger partial charge in [-0.15, -0.1) is 0 Å². The molecule has 3 N–H and O–H groups in total. The molecule has 1 aliphatic rings. The molecular weight excluding hydrogens is 344 g/mol. The van der Waals surface area contributed by atoms with Gasteiger partial charge in [-0.2, -0.15) is 0 Å². The van der Waals surface area contributed by atoms with Crippen LogP contribution in [0.1, 0.15) is 33.6 Å². The van der Waals surface area contributed by atoms with Gasteiger partial charge in [0.15, 0.2) is 0 Å². The van der Waals surface area contributed by atoms with Crippen LogP contribution in [0.3, 0.4) is 0 Å². The fourth-order valence-corrected chi connectivity index (χ4v) is 2.38.